The minimum absolute atomic E-state index is 0.103. The molecule has 3 heterocycles. The van der Waals surface area contributed by atoms with Gasteiger partial charge in [-0.2, -0.15) is 10.2 Å². The Morgan fingerprint density at radius 1 is 1.20 bits per heavy atom. The number of fused-ring (bicyclic) bond motifs is 1. The maximum Gasteiger partial charge on any atom is 0.246 e. The first kappa shape index (κ1) is 15.9. The fraction of sp³-hybridized carbons (Fsp3) is 0.389. The first-order valence-electron chi connectivity index (χ1n) is 8.36. The number of aryl methyl sites for hydroxylation is 2. The number of benzene rings is 1. The van der Waals surface area contributed by atoms with Crippen LogP contribution >= 0.6 is 0 Å². The Kier molecular flexibility index (Phi) is 3.86. The Morgan fingerprint density at radius 3 is 2.72 bits per heavy atom. The quantitative estimate of drug-likeness (QED) is 0.841. The predicted molar refractivity (Wildman–Crippen MR) is 87.8 cm³/mol. The lowest BCUT2D eigenvalue weighted by Crippen LogP contribution is -2.36. The Hall–Kier alpha value is -2.57. The van der Waals surface area contributed by atoms with Gasteiger partial charge in [0, 0.05) is 43.3 Å². The third-order valence-corrected chi connectivity index (χ3v) is 4.81. The molecule has 7 heteroatoms. The molecule has 1 amide bonds. The SMILES string of the molecule is Cc1cc2n(n1)CC[C@H](C(=O)N1N=CC[C@H]1c1cc(F)cc(F)c1)C2. The molecule has 25 heavy (non-hydrogen) atoms. The van der Waals surface area contributed by atoms with Gasteiger partial charge in [0.25, 0.3) is 0 Å². The van der Waals surface area contributed by atoms with Crippen molar-refractivity contribution in [2.24, 2.45) is 11.0 Å². The number of hydrogen-bond acceptors (Lipinski definition) is 3. The highest BCUT2D eigenvalue weighted by atomic mass is 19.1. The highest BCUT2D eigenvalue weighted by Gasteiger charge is 2.35. The molecular weight excluding hydrogens is 326 g/mol. The van der Waals surface area contributed by atoms with Gasteiger partial charge in [-0.05, 0) is 37.1 Å². The Labute approximate surface area is 143 Å². The molecule has 2 aliphatic rings. The molecule has 5 nitrogen and oxygen atoms in total. The second-order valence-electron chi connectivity index (χ2n) is 6.63. The number of aromatic nitrogens is 2. The van der Waals surface area contributed by atoms with Crippen LogP contribution < -0.4 is 0 Å². The van der Waals surface area contributed by atoms with Crippen molar-refractivity contribution in [1.29, 1.82) is 0 Å². The van der Waals surface area contributed by atoms with Gasteiger partial charge in [0.05, 0.1) is 11.7 Å². The van der Waals surface area contributed by atoms with Gasteiger partial charge in [-0.25, -0.2) is 13.8 Å². The molecule has 2 atom stereocenters. The second kappa shape index (κ2) is 6.06. The number of carbonyl (C=O) groups is 1. The molecular formula is C18H18F2N4O. The summed E-state index contributed by atoms with van der Waals surface area (Å²) < 4.78 is 29.0. The molecule has 1 aromatic carbocycles. The molecule has 0 spiro atoms. The largest absolute Gasteiger partial charge is 0.273 e. The molecule has 0 saturated heterocycles. The highest BCUT2D eigenvalue weighted by Crippen LogP contribution is 2.32. The van der Waals surface area contributed by atoms with E-state index in [1.165, 1.54) is 17.1 Å². The number of rotatable bonds is 2. The molecule has 1 aromatic heterocycles. The van der Waals surface area contributed by atoms with Crippen LogP contribution in [-0.2, 0) is 17.8 Å². The van der Waals surface area contributed by atoms with Crippen molar-refractivity contribution in [2.45, 2.75) is 38.8 Å². The van der Waals surface area contributed by atoms with Crippen molar-refractivity contribution in [3.8, 4) is 0 Å². The lowest BCUT2D eigenvalue weighted by Gasteiger charge is -2.29. The van der Waals surface area contributed by atoms with Crippen molar-refractivity contribution in [2.75, 3.05) is 0 Å². The van der Waals surface area contributed by atoms with E-state index < -0.39 is 17.7 Å². The van der Waals surface area contributed by atoms with E-state index in [0.717, 1.165) is 17.5 Å². The normalized spacial score (nSPS) is 22.3. The summed E-state index contributed by atoms with van der Waals surface area (Å²) in [5.41, 5.74) is 2.41. The Morgan fingerprint density at radius 2 is 1.96 bits per heavy atom. The van der Waals surface area contributed by atoms with Crippen LogP contribution in [0.5, 0.6) is 0 Å². The van der Waals surface area contributed by atoms with E-state index in [1.54, 1.807) is 6.21 Å². The van der Waals surface area contributed by atoms with E-state index in [9.17, 15) is 13.6 Å². The van der Waals surface area contributed by atoms with E-state index in [4.69, 9.17) is 0 Å². The van der Waals surface area contributed by atoms with Gasteiger partial charge in [-0.15, -0.1) is 0 Å². The predicted octanol–water partition coefficient (Wildman–Crippen LogP) is 2.99. The average molecular weight is 344 g/mol. The molecule has 0 saturated carbocycles. The van der Waals surface area contributed by atoms with Crippen LogP contribution in [0.15, 0.2) is 29.4 Å². The van der Waals surface area contributed by atoms with Crippen LogP contribution in [0.1, 0.15) is 35.8 Å². The monoisotopic (exact) mass is 344 g/mol. The maximum atomic E-state index is 13.5. The van der Waals surface area contributed by atoms with Crippen LogP contribution in [0, 0.1) is 24.5 Å². The van der Waals surface area contributed by atoms with Crippen molar-refractivity contribution in [1.82, 2.24) is 14.8 Å². The summed E-state index contributed by atoms with van der Waals surface area (Å²) in [6.45, 7) is 2.62. The summed E-state index contributed by atoms with van der Waals surface area (Å²) in [5.74, 6) is -1.59. The fourth-order valence-corrected chi connectivity index (χ4v) is 3.66. The van der Waals surface area contributed by atoms with Gasteiger partial charge in [0.15, 0.2) is 0 Å². The maximum absolute atomic E-state index is 13.5. The third kappa shape index (κ3) is 2.94. The highest BCUT2D eigenvalue weighted by molar-refractivity contribution is 5.82. The zero-order valence-electron chi connectivity index (χ0n) is 13.8. The van der Waals surface area contributed by atoms with E-state index in [1.807, 2.05) is 17.7 Å². The second-order valence-corrected chi connectivity index (χ2v) is 6.63. The Balaban J connectivity index is 1.56. The van der Waals surface area contributed by atoms with Crippen molar-refractivity contribution < 1.29 is 13.6 Å². The lowest BCUT2D eigenvalue weighted by molar-refractivity contribution is -0.138. The summed E-state index contributed by atoms with van der Waals surface area (Å²) in [6, 6.07) is 4.90. The average Bonchev–Trinajstić information content (AvgIpc) is 3.17. The summed E-state index contributed by atoms with van der Waals surface area (Å²) in [7, 11) is 0. The van der Waals surface area contributed by atoms with Gasteiger partial charge in [-0.1, -0.05) is 0 Å². The van der Waals surface area contributed by atoms with Gasteiger partial charge in [-0.3, -0.25) is 9.48 Å². The van der Waals surface area contributed by atoms with E-state index in [-0.39, 0.29) is 11.8 Å². The Bertz CT molecular complexity index is 841. The fourth-order valence-electron chi connectivity index (χ4n) is 3.66. The van der Waals surface area contributed by atoms with Gasteiger partial charge in [0.2, 0.25) is 5.91 Å². The number of nitrogens with zero attached hydrogens (tertiary/aromatic N) is 4. The molecule has 0 bridgehead atoms. The minimum atomic E-state index is -0.647. The van der Waals surface area contributed by atoms with Crippen LogP contribution in [0.4, 0.5) is 8.78 Å². The van der Waals surface area contributed by atoms with E-state index in [0.29, 0.717) is 31.4 Å². The minimum Gasteiger partial charge on any atom is -0.273 e. The van der Waals surface area contributed by atoms with Crippen LogP contribution in [-0.4, -0.2) is 26.9 Å². The first-order valence-corrected chi connectivity index (χ1v) is 8.36. The van der Waals surface area contributed by atoms with Crippen LogP contribution in [0.25, 0.3) is 0 Å². The van der Waals surface area contributed by atoms with Crippen molar-refractivity contribution in [3.05, 3.63) is 52.9 Å². The summed E-state index contributed by atoms with van der Waals surface area (Å²) in [6.07, 6.45) is 3.38. The molecule has 130 valence electrons. The molecule has 4 rings (SSSR count). The van der Waals surface area contributed by atoms with Gasteiger partial charge < -0.3 is 0 Å². The van der Waals surface area contributed by atoms with E-state index in [2.05, 4.69) is 10.2 Å². The summed E-state index contributed by atoms with van der Waals surface area (Å²) >= 11 is 0. The standard InChI is InChI=1S/C18H18F2N4O/c1-11-6-16-9-12(3-5-23(16)22-11)18(25)24-17(2-4-21-24)13-7-14(19)10-15(20)8-13/h4,6-8,10,12,17H,2-3,5,9H2,1H3/t12-,17-/m0/s1. The molecule has 0 unspecified atom stereocenters. The van der Waals surface area contributed by atoms with E-state index >= 15 is 0 Å². The lowest BCUT2D eigenvalue weighted by atomic mass is 9.94. The summed E-state index contributed by atoms with van der Waals surface area (Å²) in [4.78, 5) is 13.0. The number of hydrogen-bond donors (Lipinski definition) is 0. The number of amides is 1. The van der Waals surface area contributed by atoms with Gasteiger partial charge >= 0.3 is 0 Å². The number of halogens is 2. The molecule has 0 fully saturated rings. The van der Waals surface area contributed by atoms with Gasteiger partial charge in [0.1, 0.15) is 11.6 Å². The molecule has 0 radical (unpaired) electrons. The smallest absolute Gasteiger partial charge is 0.246 e. The van der Waals surface area contributed by atoms with Crippen molar-refractivity contribution >= 4 is 12.1 Å². The first-order chi connectivity index (χ1) is 12.0. The molecule has 2 aliphatic heterocycles. The van der Waals surface area contributed by atoms with Crippen molar-refractivity contribution in [3.63, 3.8) is 0 Å². The molecule has 0 aliphatic carbocycles. The van der Waals surface area contributed by atoms with Crippen LogP contribution in [0.2, 0.25) is 0 Å². The number of hydrazone groups is 1. The molecule has 0 N–H and O–H groups in total. The third-order valence-electron chi connectivity index (χ3n) is 4.81. The number of carbonyl (C=O) groups excluding carboxylic acids is 1. The zero-order chi connectivity index (χ0) is 17.6. The molecule has 2 aromatic rings. The topological polar surface area (TPSA) is 50.5 Å². The zero-order valence-corrected chi connectivity index (χ0v) is 13.8. The summed E-state index contributed by atoms with van der Waals surface area (Å²) in [5, 5.41) is 9.97. The van der Waals surface area contributed by atoms with Crippen LogP contribution in [0.3, 0.4) is 0 Å².